The van der Waals surface area contributed by atoms with Crippen molar-refractivity contribution in [2.75, 3.05) is 11.9 Å². The van der Waals surface area contributed by atoms with Crippen molar-refractivity contribution < 1.29 is 9.21 Å². The first-order valence-corrected chi connectivity index (χ1v) is 7.09. The second-order valence-corrected chi connectivity index (χ2v) is 5.03. The second-order valence-electron chi connectivity index (χ2n) is 5.03. The van der Waals surface area contributed by atoms with Crippen molar-refractivity contribution in [1.29, 1.82) is 0 Å². The maximum Gasteiger partial charge on any atom is 0.253 e. The third-order valence-corrected chi connectivity index (χ3v) is 3.28. The predicted molar refractivity (Wildman–Crippen MR) is 82.5 cm³/mol. The van der Waals surface area contributed by atoms with Crippen LogP contribution in [0.2, 0.25) is 0 Å². The fourth-order valence-electron chi connectivity index (χ4n) is 2.25. The zero-order valence-corrected chi connectivity index (χ0v) is 12.9. The number of pyridine rings is 1. The van der Waals surface area contributed by atoms with Crippen LogP contribution in [0.25, 0.3) is 0 Å². The van der Waals surface area contributed by atoms with Gasteiger partial charge in [-0.1, -0.05) is 0 Å². The van der Waals surface area contributed by atoms with Crippen LogP contribution in [0.5, 0.6) is 0 Å². The van der Waals surface area contributed by atoms with Gasteiger partial charge in [-0.05, 0) is 45.9 Å². The normalized spacial score (nSPS) is 12.0. The molecule has 1 unspecified atom stereocenters. The molecule has 0 bridgehead atoms. The van der Waals surface area contributed by atoms with E-state index in [1.54, 1.807) is 18.3 Å². The summed E-state index contributed by atoms with van der Waals surface area (Å²) in [6.45, 7) is 8.54. The van der Waals surface area contributed by atoms with Crippen LogP contribution in [0.4, 0.5) is 5.82 Å². The van der Waals surface area contributed by atoms with Gasteiger partial charge in [0.15, 0.2) is 0 Å². The largest absolute Gasteiger partial charge is 0.466 e. The maximum absolute atomic E-state index is 12.2. The molecule has 0 saturated carbocycles. The van der Waals surface area contributed by atoms with Crippen molar-refractivity contribution in [2.24, 2.45) is 0 Å². The number of hydrogen-bond acceptors (Lipinski definition) is 4. The van der Waals surface area contributed by atoms with Gasteiger partial charge in [0.25, 0.3) is 5.91 Å². The van der Waals surface area contributed by atoms with Gasteiger partial charge >= 0.3 is 0 Å². The van der Waals surface area contributed by atoms with Gasteiger partial charge in [0.1, 0.15) is 17.3 Å². The molecule has 0 aliphatic rings. The lowest BCUT2D eigenvalue weighted by atomic mass is 10.1. The van der Waals surface area contributed by atoms with E-state index in [-0.39, 0.29) is 11.9 Å². The summed E-state index contributed by atoms with van der Waals surface area (Å²) in [5.74, 6) is 2.31. The number of aromatic nitrogens is 1. The summed E-state index contributed by atoms with van der Waals surface area (Å²) in [5.41, 5.74) is 1.54. The van der Waals surface area contributed by atoms with Gasteiger partial charge in [0.2, 0.25) is 0 Å². The van der Waals surface area contributed by atoms with Crippen LogP contribution < -0.4 is 10.6 Å². The van der Waals surface area contributed by atoms with Gasteiger partial charge in [-0.3, -0.25) is 4.79 Å². The molecule has 2 aromatic heterocycles. The second kappa shape index (κ2) is 6.43. The maximum atomic E-state index is 12.2. The molecule has 112 valence electrons. The van der Waals surface area contributed by atoms with Crippen molar-refractivity contribution in [1.82, 2.24) is 10.3 Å². The van der Waals surface area contributed by atoms with Crippen molar-refractivity contribution >= 4 is 11.7 Å². The Labute approximate surface area is 124 Å². The van der Waals surface area contributed by atoms with Crippen molar-refractivity contribution in [3.8, 4) is 0 Å². The summed E-state index contributed by atoms with van der Waals surface area (Å²) in [6, 6.07) is 5.41. The third kappa shape index (κ3) is 3.62. The zero-order valence-electron chi connectivity index (χ0n) is 12.9. The first-order chi connectivity index (χ1) is 10.0. The van der Waals surface area contributed by atoms with Crippen molar-refractivity contribution in [3.63, 3.8) is 0 Å². The molecule has 0 radical (unpaired) electrons. The molecule has 0 aliphatic carbocycles. The Morgan fingerprint density at radius 3 is 2.67 bits per heavy atom. The molecule has 2 rings (SSSR count). The molecule has 0 aliphatic heterocycles. The number of rotatable bonds is 5. The topological polar surface area (TPSA) is 67.2 Å². The molecular weight excluding hydrogens is 266 g/mol. The first-order valence-electron chi connectivity index (χ1n) is 7.09. The SMILES string of the molecule is CCNc1ccc(C(=O)NC(C)c2cc(C)oc2C)cn1. The summed E-state index contributed by atoms with van der Waals surface area (Å²) in [6.07, 6.45) is 1.58. The zero-order chi connectivity index (χ0) is 15.4. The number of carbonyl (C=O) groups is 1. The van der Waals surface area contributed by atoms with Crippen LogP contribution in [0.15, 0.2) is 28.8 Å². The Morgan fingerprint density at radius 1 is 1.38 bits per heavy atom. The molecule has 0 aromatic carbocycles. The average molecular weight is 287 g/mol. The molecular formula is C16H21N3O2. The lowest BCUT2D eigenvalue weighted by Crippen LogP contribution is -2.26. The minimum absolute atomic E-state index is 0.108. The molecule has 0 fully saturated rings. The molecule has 0 saturated heterocycles. The number of carbonyl (C=O) groups excluding carboxylic acids is 1. The number of hydrogen-bond donors (Lipinski definition) is 2. The molecule has 1 atom stereocenters. The molecule has 5 nitrogen and oxygen atoms in total. The summed E-state index contributed by atoms with van der Waals surface area (Å²) in [7, 11) is 0. The van der Waals surface area contributed by atoms with Crippen molar-refractivity contribution in [2.45, 2.75) is 33.7 Å². The summed E-state index contributed by atoms with van der Waals surface area (Å²) >= 11 is 0. The van der Waals surface area contributed by atoms with E-state index in [9.17, 15) is 4.79 Å². The molecule has 2 N–H and O–H groups in total. The van der Waals surface area contributed by atoms with Crippen molar-refractivity contribution in [3.05, 3.63) is 47.0 Å². The monoisotopic (exact) mass is 287 g/mol. The Kier molecular flexibility index (Phi) is 4.62. The third-order valence-electron chi connectivity index (χ3n) is 3.28. The summed E-state index contributed by atoms with van der Waals surface area (Å²) in [4.78, 5) is 16.4. The van der Waals surface area contributed by atoms with E-state index in [4.69, 9.17) is 4.42 Å². The van der Waals surface area contributed by atoms with Gasteiger partial charge in [-0.15, -0.1) is 0 Å². The van der Waals surface area contributed by atoms with Crippen LogP contribution in [-0.4, -0.2) is 17.4 Å². The number of nitrogens with one attached hydrogen (secondary N) is 2. The van der Waals surface area contributed by atoms with Crippen LogP contribution in [0.1, 0.15) is 47.3 Å². The van der Waals surface area contributed by atoms with Gasteiger partial charge in [0, 0.05) is 18.3 Å². The smallest absolute Gasteiger partial charge is 0.253 e. The highest BCUT2D eigenvalue weighted by atomic mass is 16.3. The van der Waals surface area contributed by atoms with E-state index < -0.39 is 0 Å². The Balaban J connectivity index is 2.05. The van der Waals surface area contributed by atoms with Gasteiger partial charge < -0.3 is 15.1 Å². The van der Waals surface area contributed by atoms with E-state index in [0.29, 0.717) is 5.56 Å². The first kappa shape index (κ1) is 15.1. The van der Waals surface area contributed by atoms with Crippen LogP contribution in [-0.2, 0) is 0 Å². The minimum Gasteiger partial charge on any atom is -0.466 e. The molecule has 2 heterocycles. The van der Waals surface area contributed by atoms with Crippen LogP contribution in [0, 0.1) is 13.8 Å². The van der Waals surface area contributed by atoms with E-state index >= 15 is 0 Å². The fraction of sp³-hybridized carbons (Fsp3) is 0.375. The predicted octanol–water partition coefficient (Wildman–Crippen LogP) is 3.21. The lowest BCUT2D eigenvalue weighted by Gasteiger charge is -2.13. The van der Waals surface area contributed by atoms with E-state index in [2.05, 4.69) is 15.6 Å². The highest BCUT2D eigenvalue weighted by Crippen LogP contribution is 2.21. The average Bonchev–Trinajstić information content (AvgIpc) is 2.79. The van der Waals surface area contributed by atoms with Crippen LogP contribution in [0.3, 0.4) is 0 Å². The number of furan rings is 1. The quantitative estimate of drug-likeness (QED) is 0.886. The Hall–Kier alpha value is -2.30. The molecule has 1 amide bonds. The summed E-state index contributed by atoms with van der Waals surface area (Å²) in [5, 5.41) is 6.05. The molecule has 0 spiro atoms. The fourth-order valence-corrected chi connectivity index (χ4v) is 2.25. The lowest BCUT2D eigenvalue weighted by molar-refractivity contribution is 0.0939. The minimum atomic E-state index is -0.142. The number of anilines is 1. The standard InChI is InChI=1S/C16H21N3O2/c1-5-17-15-7-6-13(9-18-15)16(20)19-11(3)14-8-10(2)21-12(14)4/h6-9,11H,5H2,1-4H3,(H,17,18)(H,19,20). The Bertz CT molecular complexity index is 617. The van der Waals surface area contributed by atoms with Gasteiger partial charge in [0.05, 0.1) is 11.6 Å². The summed E-state index contributed by atoms with van der Waals surface area (Å²) < 4.78 is 5.49. The van der Waals surface area contributed by atoms with Gasteiger partial charge in [-0.25, -0.2) is 4.98 Å². The number of amides is 1. The number of aryl methyl sites for hydroxylation is 2. The highest BCUT2D eigenvalue weighted by Gasteiger charge is 2.16. The highest BCUT2D eigenvalue weighted by molar-refractivity contribution is 5.94. The van der Waals surface area contributed by atoms with E-state index in [1.807, 2.05) is 33.8 Å². The molecule has 5 heteroatoms. The van der Waals surface area contributed by atoms with Gasteiger partial charge in [-0.2, -0.15) is 0 Å². The van der Waals surface area contributed by atoms with E-state index in [0.717, 1.165) is 29.4 Å². The number of nitrogens with zero attached hydrogens (tertiary/aromatic N) is 1. The van der Waals surface area contributed by atoms with Crippen LogP contribution >= 0.6 is 0 Å². The molecule has 2 aromatic rings. The van der Waals surface area contributed by atoms with E-state index in [1.165, 1.54) is 0 Å². The molecule has 21 heavy (non-hydrogen) atoms. The Morgan fingerprint density at radius 2 is 2.14 bits per heavy atom.